The molecule has 34 heavy (non-hydrogen) atoms. The van der Waals surface area contributed by atoms with E-state index in [1.165, 1.54) is 38.8 Å². The molecule has 0 aromatic heterocycles. The molecule has 1 fully saturated rings. The van der Waals surface area contributed by atoms with Crippen molar-refractivity contribution >= 4 is 10.0 Å². The number of alkyl halides is 3. The molecule has 1 aromatic carbocycles. The Kier molecular flexibility index (Phi) is 10.4. The number of unbranched alkanes of at least 4 members (excludes halogenated alkanes) is 3. The average molecular weight is 503 g/mol. The molecule has 2 aliphatic rings. The third-order valence-corrected chi connectivity index (χ3v) is 8.15. The Labute approximate surface area is 201 Å². The van der Waals surface area contributed by atoms with Crippen LogP contribution in [-0.2, 0) is 20.9 Å². The van der Waals surface area contributed by atoms with Gasteiger partial charge in [-0.25, -0.2) is 13.1 Å². The van der Waals surface area contributed by atoms with Gasteiger partial charge in [-0.1, -0.05) is 25.0 Å². The number of nitrogens with one attached hydrogen (secondary N) is 1. The van der Waals surface area contributed by atoms with Crippen molar-refractivity contribution in [1.82, 2.24) is 9.62 Å². The number of benzene rings is 1. The standard InChI is InChI=1S/C25H37F3N2O3S/c26-25(27,28)22-10-14-24(15-11-22)34(31,32)29-20-21-8-12-23(13-9-21)33-19-7-2-1-4-16-30-17-5-3-6-18-30/h3,5,10-11,14-15,21,23,29H,1-2,4,6-9,12-13,16-20H2. The van der Waals surface area contributed by atoms with Gasteiger partial charge in [0, 0.05) is 26.2 Å². The summed E-state index contributed by atoms with van der Waals surface area (Å²) in [6.45, 7) is 4.52. The highest BCUT2D eigenvalue weighted by molar-refractivity contribution is 7.89. The van der Waals surface area contributed by atoms with Crippen LogP contribution in [0, 0.1) is 5.92 Å². The third kappa shape index (κ3) is 8.98. The zero-order valence-corrected chi connectivity index (χ0v) is 20.5. The molecule has 0 atom stereocenters. The second-order valence-electron chi connectivity index (χ2n) is 9.36. The van der Waals surface area contributed by atoms with Crippen LogP contribution < -0.4 is 4.72 Å². The van der Waals surface area contributed by atoms with E-state index in [0.717, 1.165) is 69.5 Å². The summed E-state index contributed by atoms with van der Waals surface area (Å²) in [6.07, 6.45) is 9.74. The third-order valence-electron chi connectivity index (χ3n) is 6.71. The SMILES string of the molecule is O=S(=O)(NCC1CCC(OCCCCCCN2CC=CCC2)CC1)c1ccc(C(F)(F)F)cc1. The van der Waals surface area contributed by atoms with E-state index in [4.69, 9.17) is 4.74 Å². The Balaban J connectivity index is 1.25. The second kappa shape index (κ2) is 13.0. The quantitative estimate of drug-likeness (QED) is 0.308. The highest BCUT2D eigenvalue weighted by Gasteiger charge is 2.31. The maximum atomic E-state index is 12.7. The number of halogens is 3. The maximum Gasteiger partial charge on any atom is 0.416 e. The first-order chi connectivity index (χ1) is 16.2. The van der Waals surface area contributed by atoms with E-state index in [1.54, 1.807) is 0 Å². The Bertz CT molecular complexity index is 864. The molecular formula is C25H37F3N2O3S. The zero-order chi connectivity index (χ0) is 24.4. The van der Waals surface area contributed by atoms with Crippen molar-refractivity contribution in [2.45, 2.75) is 75.0 Å². The van der Waals surface area contributed by atoms with E-state index < -0.39 is 21.8 Å². The molecule has 0 unspecified atom stereocenters. The summed E-state index contributed by atoms with van der Waals surface area (Å²) in [6, 6.07) is 3.59. The van der Waals surface area contributed by atoms with Crippen molar-refractivity contribution in [3.05, 3.63) is 42.0 Å². The fourth-order valence-corrected chi connectivity index (χ4v) is 5.69. The van der Waals surface area contributed by atoms with Crippen LogP contribution in [0.25, 0.3) is 0 Å². The molecule has 1 heterocycles. The molecule has 9 heteroatoms. The smallest absolute Gasteiger partial charge is 0.378 e. The predicted molar refractivity (Wildman–Crippen MR) is 127 cm³/mol. The van der Waals surface area contributed by atoms with Crippen LogP contribution in [-0.4, -0.2) is 52.2 Å². The molecule has 1 aliphatic carbocycles. The summed E-state index contributed by atoms with van der Waals surface area (Å²) < 4.78 is 71.4. The monoisotopic (exact) mass is 502 g/mol. The fraction of sp³-hybridized carbons (Fsp3) is 0.680. The minimum absolute atomic E-state index is 0.148. The Hall–Kier alpha value is -1.42. The molecule has 3 rings (SSSR count). The molecule has 0 spiro atoms. The first kappa shape index (κ1) is 27.2. The molecule has 5 nitrogen and oxygen atoms in total. The molecule has 0 saturated heterocycles. The van der Waals surface area contributed by atoms with Crippen LogP contribution >= 0.6 is 0 Å². The van der Waals surface area contributed by atoms with Gasteiger partial charge in [-0.3, -0.25) is 4.90 Å². The van der Waals surface area contributed by atoms with Gasteiger partial charge in [-0.05, 0) is 81.7 Å². The fourth-order valence-electron chi connectivity index (χ4n) is 4.57. The van der Waals surface area contributed by atoms with Crippen molar-refractivity contribution in [3.8, 4) is 0 Å². The van der Waals surface area contributed by atoms with Gasteiger partial charge in [0.2, 0.25) is 10.0 Å². The summed E-state index contributed by atoms with van der Waals surface area (Å²) in [7, 11) is -3.82. The Morgan fingerprint density at radius 1 is 0.971 bits per heavy atom. The molecule has 1 aromatic rings. The van der Waals surface area contributed by atoms with Crippen molar-refractivity contribution in [2.75, 3.05) is 32.8 Å². The molecular weight excluding hydrogens is 465 g/mol. The number of ether oxygens (including phenoxy) is 1. The lowest BCUT2D eigenvalue weighted by atomic mass is 9.87. The van der Waals surface area contributed by atoms with Crippen molar-refractivity contribution < 1.29 is 26.3 Å². The van der Waals surface area contributed by atoms with Crippen molar-refractivity contribution in [3.63, 3.8) is 0 Å². The maximum absolute atomic E-state index is 12.7. The van der Waals surface area contributed by atoms with Gasteiger partial charge in [-0.15, -0.1) is 0 Å². The zero-order valence-electron chi connectivity index (χ0n) is 19.7. The summed E-state index contributed by atoms with van der Waals surface area (Å²) in [5.41, 5.74) is -0.861. The van der Waals surface area contributed by atoms with E-state index in [1.807, 2.05) is 0 Å². The van der Waals surface area contributed by atoms with Crippen LogP contribution in [0.4, 0.5) is 13.2 Å². The summed E-state index contributed by atoms with van der Waals surface area (Å²) >= 11 is 0. The topological polar surface area (TPSA) is 58.6 Å². The van der Waals surface area contributed by atoms with Gasteiger partial charge in [0.15, 0.2) is 0 Å². The molecule has 1 aliphatic heterocycles. The van der Waals surface area contributed by atoms with E-state index in [2.05, 4.69) is 21.8 Å². The summed E-state index contributed by atoms with van der Waals surface area (Å²) in [4.78, 5) is 2.35. The van der Waals surface area contributed by atoms with Gasteiger partial charge in [0.05, 0.1) is 16.6 Å². The second-order valence-corrected chi connectivity index (χ2v) is 11.1. The van der Waals surface area contributed by atoms with Gasteiger partial charge < -0.3 is 4.74 Å². The van der Waals surface area contributed by atoms with Crippen LogP contribution in [0.5, 0.6) is 0 Å². The minimum atomic E-state index is -4.48. The number of nitrogens with zero attached hydrogens (tertiary/aromatic N) is 1. The first-order valence-corrected chi connectivity index (χ1v) is 13.9. The largest absolute Gasteiger partial charge is 0.416 e. The normalized spacial score (nSPS) is 22.2. The Morgan fingerprint density at radius 3 is 2.32 bits per heavy atom. The number of sulfonamides is 1. The predicted octanol–water partition coefficient (Wildman–Crippen LogP) is 5.38. The Morgan fingerprint density at radius 2 is 1.68 bits per heavy atom. The van der Waals surface area contributed by atoms with Crippen LogP contribution in [0.3, 0.4) is 0 Å². The molecule has 1 N–H and O–H groups in total. The molecule has 1 saturated carbocycles. The highest BCUT2D eigenvalue weighted by Crippen LogP contribution is 2.30. The van der Waals surface area contributed by atoms with Crippen LogP contribution in [0.2, 0.25) is 0 Å². The minimum Gasteiger partial charge on any atom is -0.378 e. The molecule has 0 bridgehead atoms. The number of rotatable bonds is 12. The summed E-state index contributed by atoms with van der Waals surface area (Å²) in [5.74, 6) is 0.216. The van der Waals surface area contributed by atoms with E-state index >= 15 is 0 Å². The average Bonchev–Trinajstić information content (AvgIpc) is 2.83. The van der Waals surface area contributed by atoms with Crippen LogP contribution in [0.1, 0.15) is 63.4 Å². The van der Waals surface area contributed by atoms with E-state index in [-0.39, 0.29) is 16.9 Å². The van der Waals surface area contributed by atoms with E-state index in [0.29, 0.717) is 6.54 Å². The lowest BCUT2D eigenvalue weighted by Gasteiger charge is -2.28. The molecule has 0 radical (unpaired) electrons. The van der Waals surface area contributed by atoms with Crippen molar-refractivity contribution in [1.29, 1.82) is 0 Å². The number of hydrogen-bond donors (Lipinski definition) is 1. The van der Waals surface area contributed by atoms with Crippen LogP contribution in [0.15, 0.2) is 41.3 Å². The van der Waals surface area contributed by atoms with Crippen molar-refractivity contribution in [2.24, 2.45) is 5.92 Å². The van der Waals surface area contributed by atoms with Gasteiger partial charge in [0.1, 0.15) is 0 Å². The summed E-state index contributed by atoms with van der Waals surface area (Å²) in [5, 5.41) is 0. The van der Waals surface area contributed by atoms with Gasteiger partial charge in [0.25, 0.3) is 0 Å². The first-order valence-electron chi connectivity index (χ1n) is 12.4. The lowest BCUT2D eigenvalue weighted by molar-refractivity contribution is -0.137. The van der Waals surface area contributed by atoms with E-state index in [9.17, 15) is 21.6 Å². The lowest BCUT2D eigenvalue weighted by Crippen LogP contribution is -2.32. The highest BCUT2D eigenvalue weighted by atomic mass is 32.2. The number of hydrogen-bond acceptors (Lipinski definition) is 4. The molecule has 192 valence electrons. The molecule has 0 amide bonds. The van der Waals surface area contributed by atoms with Gasteiger partial charge >= 0.3 is 6.18 Å². The van der Waals surface area contributed by atoms with Gasteiger partial charge in [-0.2, -0.15) is 13.2 Å².